The molecule has 9 nitrogen and oxygen atoms in total. The number of methoxy groups -OCH3 is 1. The number of hydrogen-bond acceptors (Lipinski definition) is 7. The van der Waals surface area contributed by atoms with Gasteiger partial charge in [-0.1, -0.05) is 23.4 Å². The molecule has 4 rings (SSSR count). The van der Waals surface area contributed by atoms with E-state index in [0.717, 1.165) is 4.31 Å². The van der Waals surface area contributed by atoms with Crippen LogP contribution in [0.25, 0.3) is 10.9 Å². The summed E-state index contributed by atoms with van der Waals surface area (Å²) in [7, 11) is 0.702. The monoisotopic (exact) mass is 519 g/mol. The van der Waals surface area contributed by atoms with Crippen LogP contribution in [0.3, 0.4) is 0 Å². The average Bonchev–Trinajstić information content (AvgIpc) is 2.82. The van der Waals surface area contributed by atoms with Gasteiger partial charge in [0.05, 0.1) is 23.7 Å². The molecule has 2 aromatic carbocycles. The largest absolute Gasteiger partial charge is 0.493 e. The van der Waals surface area contributed by atoms with Gasteiger partial charge in [-0.3, -0.25) is 0 Å². The van der Waals surface area contributed by atoms with E-state index < -0.39 is 28.2 Å². The van der Waals surface area contributed by atoms with Crippen LogP contribution in [0.1, 0.15) is 12.8 Å². The van der Waals surface area contributed by atoms with Crippen molar-refractivity contribution < 1.29 is 22.3 Å². The zero-order valence-corrected chi connectivity index (χ0v) is 20.7. The van der Waals surface area contributed by atoms with Gasteiger partial charge in [0.1, 0.15) is 18.0 Å². The lowest BCUT2D eigenvalue weighted by Crippen LogP contribution is -2.49. The number of anilines is 2. The molecule has 1 aromatic heterocycles. The van der Waals surface area contributed by atoms with Gasteiger partial charge in [0.15, 0.2) is 17.6 Å². The summed E-state index contributed by atoms with van der Waals surface area (Å²) in [4.78, 5) is 8.60. The molecule has 1 aliphatic rings. The summed E-state index contributed by atoms with van der Waals surface area (Å²) < 4.78 is 53.7. The van der Waals surface area contributed by atoms with Crippen molar-refractivity contribution in [3.05, 3.63) is 47.5 Å². The summed E-state index contributed by atoms with van der Waals surface area (Å²) in [6, 6.07) is 7.05. The van der Waals surface area contributed by atoms with Gasteiger partial charge in [0.25, 0.3) is 10.2 Å². The Kier molecular flexibility index (Phi) is 7.28. The fourth-order valence-electron chi connectivity index (χ4n) is 3.44. The Balaban J connectivity index is 1.69. The molecule has 12 heteroatoms. The highest BCUT2D eigenvalue weighted by Gasteiger charge is 2.30. The molecule has 0 amide bonds. The van der Waals surface area contributed by atoms with Gasteiger partial charge >= 0.3 is 0 Å². The summed E-state index contributed by atoms with van der Waals surface area (Å²) in [5, 5.41) is 3.68. The lowest BCUT2D eigenvalue weighted by molar-refractivity contribution is 0.199. The predicted octanol–water partition coefficient (Wildman–Crippen LogP) is 3.48. The Hall–Kier alpha value is -3.17. The molecule has 1 heterocycles. The number of nitrogens with one attached hydrogen (secondary N) is 2. The van der Waals surface area contributed by atoms with Crippen LogP contribution in [0.2, 0.25) is 5.02 Å². The van der Waals surface area contributed by atoms with Gasteiger partial charge in [0.2, 0.25) is 0 Å². The van der Waals surface area contributed by atoms with Gasteiger partial charge in [-0.05, 0) is 30.7 Å². The first kappa shape index (κ1) is 24.9. The van der Waals surface area contributed by atoms with Crippen LogP contribution in [0.5, 0.6) is 11.5 Å². The molecule has 1 aliphatic carbocycles. The van der Waals surface area contributed by atoms with Crippen molar-refractivity contribution in [1.82, 2.24) is 19.0 Å². The van der Waals surface area contributed by atoms with E-state index in [2.05, 4.69) is 31.8 Å². The van der Waals surface area contributed by atoms with Crippen LogP contribution in [0.4, 0.5) is 15.9 Å². The molecule has 35 heavy (non-hydrogen) atoms. The van der Waals surface area contributed by atoms with Crippen molar-refractivity contribution in [1.29, 1.82) is 0 Å². The molecule has 0 saturated heterocycles. The maximum absolute atomic E-state index is 13.6. The molecule has 2 atom stereocenters. The highest BCUT2D eigenvalue weighted by Crippen LogP contribution is 2.36. The molecule has 0 bridgehead atoms. The maximum Gasteiger partial charge on any atom is 0.279 e. The molecule has 184 valence electrons. The Morgan fingerprint density at radius 1 is 1.20 bits per heavy atom. The molecular weight excluding hydrogens is 497 g/mol. The molecule has 2 N–H and O–H groups in total. The van der Waals surface area contributed by atoms with Crippen LogP contribution in [0.15, 0.2) is 36.7 Å². The smallest absolute Gasteiger partial charge is 0.279 e. The van der Waals surface area contributed by atoms with E-state index in [4.69, 9.17) is 21.1 Å². The van der Waals surface area contributed by atoms with Crippen molar-refractivity contribution in [2.75, 3.05) is 26.5 Å². The highest BCUT2D eigenvalue weighted by atomic mass is 35.5. The van der Waals surface area contributed by atoms with Gasteiger partial charge < -0.3 is 14.8 Å². The Morgan fingerprint density at radius 2 is 2.00 bits per heavy atom. The van der Waals surface area contributed by atoms with E-state index in [-0.39, 0.29) is 5.02 Å². The minimum atomic E-state index is -3.68. The first-order valence-electron chi connectivity index (χ1n) is 10.6. The lowest BCUT2D eigenvalue weighted by atomic mass is 10.0. The lowest BCUT2D eigenvalue weighted by Gasteiger charge is -2.28. The SMILES string of the molecule is COc1cc2ncnc(Nc3ccc(F)c(Cl)c3)c2cc1O[C@@H]1C#CCC[C@H]1NS(=O)(=O)N(C)C. The van der Waals surface area contributed by atoms with Crippen LogP contribution < -0.4 is 19.5 Å². The second-order valence-electron chi connectivity index (χ2n) is 7.91. The third-order valence-electron chi connectivity index (χ3n) is 5.33. The average molecular weight is 520 g/mol. The molecule has 0 spiro atoms. The predicted molar refractivity (Wildman–Crippen MR) is 132 cm³/mol. The normalized spacial score (nSPS) is 17.7. The van der Waals surface area contributed by atoms with E-state index in [1.807, 2.05) is 0 Å². The number of fused-ring (bicyclic) bond motifs is 1. The summed E-state index contributed by atoms with van der Waals surface area (Å²) in [5.74, 6) is 6.60. The molecule has 0 fully saturated rings. The number of halogens is 2. The summed E-state index contributed by atoms with van der Waals surface area (Å²) in [6.45, 7) is 0. The van der Waals surface area contributed by atoms with Gasteiger partial charge in [-0.25, -0.2) is 14.4 Å². The van der Waals surface area contributed by atoms with Crippen LogP contribution >= 0.6 is 11.6 Å². The minimum absolute atomic E-state index is 0.0267. The summed E-state index contributed by atoms with van der Waals surface area (Å²) >= 11 is 5.90. The standard InChI is InChI=1S/C23H23ClFN5O4S/c1-30(2)35(31,32)29-18-6-4-5-7-20(18)34-22-11-15-19(12-21(22)33-3)26-13-27-23(15)28-14-8-9-17(25)16(24)10-14/h8-13,18,20,29H,4,6H2,1-3H3,(H,26,27,28)/t18-,20-/m1/s1. The van der Waals surface area contributed by atoms with E-state index in [1.54, 1.807) is 12.1 Å². The zero-order chi connectivity index (χ0) is 25.2. The number of ether oxygens (including phenoxy) is 2. The second kappa shape index (κ2) is 10.2. The van der Waals surface area contributed by atoms with Crippen molar-refractivity contribution >= 4 is 44.2 Å². The second-order valence-corrected chi connectivity index (χ2v) is 10.2. The Bertz CT molecular complexity index is 1420. The molecule has 0 aliphatic heterocycles. The van der Waals surface area contributed by atoms with E-state index >= 15 is 0 Å². The Labute approximate surface area is 207 Å². The van der Waals surface area contributed by atoms with Crippen LogP contribution in [-0.4, -0.2) is 56.0 Å². The highest BCUT2D eigenvalue weighted by molar-refractivity contribution is 7.87. The maximum atomic E-state index is 13.6. The third-order valence-corrected chi connectivity index (χ3v) is 7.18. The molecule has 0 unspecified atom stereocenters. The summed E-state index contributed by atoms with van der Waals surface area (Å²) in [5.41, 5.74) is 1.10. The van der Waals surface area contributed by atoms with Crippen molar-refractivity contribution in [2.24, 2.45) is 0 Å². The van der Waals surface area contributed by atoms with Crippen molar-refractivity contribution in [3.63, 3.8) is 0 Å². The number of aromatic nitrogens is 2. The quantitative estimate of drug-likeness (QED) is 0.439. The summed E-state index contributed by atoms with van der Waals surface area (Å²) in [6.07, 6.45) is 1.66. The van der Waals surface area contributed by atoms with E-state index in [0.29, 0.717) is 46.7 Å². The molecule has 0 radical (unpaired) electrons. The fourth-order valence-corrected chi connectivity index (χ4v) is 4.46. The molecule has 0 saturated carbocycles. The topological polar surface area (TPSA) is 106 Å². The van der Waals surface area contributed by atoms with Gasteiger partial charge in [-0.15, -0.1) is 0 Å². The van der Waals surface area contributed by atoms with Crippen LogP contribution in [-0.2, 0) is 10.2 Å². The molecular formula is C23H23ClFN5O4S. The van der Waals surface area contributed by atoms with E-state index in [9.17, 15) is 12.8 Å². The number of hydrogen-bond donors (Lipinski definition) is 2. The zero-order valence-electron chi connectivity index (χ0n) is 19.2. The minimum Gasteiger partial charge on any atom is -0.493 e. The van der Waals surface area contributed by atoms with Crippen molar-refractivity contribution in [3.8, 4) is 23.3 Å². The van der Waals surface area contributed by atoms with Crippen molar-refractivity contribution in [2.45, 2.75) is 25.0 Å². The number of rotatable bonds is 8. The van der Waals surface area contributed by atoms with Gasteiger partial charge in [0, 0.05) is 37.7 Å². The Morgan fingerprint density at radius 3 is 2.71 bits per heavy atom. The third kappa shape index (κ3) is 5.57. The molecule has 3 aromatic rings. The van der Waals surface area contributed by atoms with Gasteiger partial charge in [-0.2, -0.15) is 17.4 Å². The number of nitrogens with zero attached hydrogens (tertiary/aromatic N) is 3. The van der Waals surface area contributed by atoms with Crippen LogP contribution in [0, 0.1) is 17.7 Å². The first-order valence-corrected chi connectivity index (χ1v) is 12.4. The fraction of sp³-hybridized carbons (Fsp3) is 0.304. The number of benzene rings is 2. The van der Waals surface area contributed by atoms with E-state index in [1.165, 1.54) is 45.7 Å². The first-order chi connectivity index (χ1) is 16.7.